The van der Waals surface area contributed by atoms with E-state index in [1.54, 1.807) is 30.3 Å². The second kappa shape index (κ2) is 8.43. The number of carbonyl (C=O) groups is 2. The summed E-state index contributed by atoms with van der Waals surface area (Å²) in [7, 11) is 0. The normalized spacial score (nSPS) is 13.0. The monoisotopic (exact) mass is 402 g/mol. The van der Waals surface area contributed by atoms with E-state index in [1.807, 2.05) is 23.8 Å². The number of para-hydroxylation sites is 1. The molecule has 3 N–H and O–H groups in total. The summed E-state index contributed by atoms with van der Waals surface area (Å²) in [6.45, 7) is -0.163. The number of furan rings is 1. The number of hydrogen-bond acceptors (Lipinski definition) is 6. The highest BCUT2D eigenvalue weighted by molar-refractivity contribution is 7.98. The Labute approximate surface area is 164 Å². The highest BCUT2D eigenvalue weighted by Gasteiger charge is 2.35. The fraction of sp³-hybridized carbons (Fsp3) is 0.158. The maximum atomic E-state index is 12.3. The highest BCUT2D eigenvalue weighted by atomic mass is 32.2. The van der Waals surface area contributed by atoms with E-state index in [9.17, 15) is 14.7 Å². The van der Waals surface area contributed by atoms with Gasteiger partial charge in [-0.3, -0.25) is 9.59 Å². The molecule has 27 heavy (non-hydrogen) atoms. The van der Waals surface area contributed by atoms with Crippen LogP contribution in [0.5, 0.6) is 0 Å². The van der Waals surface area contributed by atoms with Crippen LogP contribution in [0.3, 0.4) is 0 Å². The maximum absolute atomic E-state index is 12.3. The van der Waals surface area contributed by atoms with Crippen molar-refractivity contribution in [2.24, 2.45) is 0 Å². The van der Waals surface area contributed by atoms with Gasteiger partial charge in [-0.2, -0.15) is 0 Å². The number of amides is 2. The zero-order valence-corrected chi connectivity index (χ0v) is 16.1. The average molecular weight is 402 g/mol. The van der Waals surface area contributed by atoms with Crippen LogP contribution < -0.4 is 10.6 Å². The lowest BCUT2D eigenvalue weighted by atomic mass is 9.94. The van der Waals surface area contributed by atoms with Crippen LogP contribution in [0.4, 0.5) is 5.69 Å². The summed E-state index contributed by atoms with van der Waals surface area (Å²) in [6, 6.07) is 12.4. The molecule has 0 radical (unpaired) electrons. The summed E-state index contributed by atoms with van der Waals surface area (Å²) in [6.07, 6.45) is 4.75. The molecule has 0 saturated carbocycles. The van der Waals surface area contributed by atoms with Crippen molar-refractivity contribution in [1.82, 2.24) is 5.32 Å². The van der Waals surface area contributed by atoms with Crippen molar-refractivity contribution in [1.29, 1.82) is 0 Å². The van der Waals surface area contributed by atoms with Crippen LogP contribution in [0, 0.1) is 0 Å². The van der Waals surface area contributed by atoms with Crippen LogP contribution in [0.2, 0.25) is 0 Å². The number of aliphatic hydroxyl groups is 1. The van der Waals surface area contributed by atoms with Gasteiger partial charge in [0.05, 0.1) is 24.8 Å². The smallest absolute Gasteiger partial charge is 0.313 e. The average Bonchev–Trinajstić information content (AvgIpc) is 3.40. The minimum absolute atomic E-state index is 0.163. The molecule has 0 aliphatic rings. The van der Waals surface area contributed by atoms with Gasteiger partial charge in [0.15, 0.2) is 0 Å². The molecule has 0 bridgehead atoms. The van der Waals surface area contributed by atoms with E-state index >= 15 is 0 Å². The summed E-state index contributed by atoms with van der Waals surface area (Å²) in [5.41, 5.74) is -0.416. The maximum Gasteiger partial charge on any atom is 0.313 e. The number of thioether (sulfide) groups is 1. The van der Waals surface area contributed by atoms with E-state index in [1.165, 1.54) is 35.6 Å². The zero-order valence-electron chi connectivity index (χ0n) is 14.5. The number of carbonyl (C=O) groups excluding carboxylic acids is 2. The molecule has 3 rings (SSSR count). The first-order valence-corrected chi connectivity index (χ1v) is 10.2. The minimum Gasteiger partial charge on any atom is -0.472 e. The number of anilines is 1. The van der Waals surface area contributed by atoms with Gasteiger partial charge in [0.1, 0.15) is 5.60 Å². The van der Waals surface area contributed by atoms with Gasteiger partial charge in [-0.1, -0.05) is 18.2 Å². The Kier molecular flexibility index (Phi) is 6.00. The molecule has 1 aromatic carbocycles. The van der Waals surface area contributed by atoms with E-state index in [2.05, 4.69) is 10.6 Å². The lowest BCUT2D eigenvalue weighted by Crippen LogP contribution is -2.44. The summed E-state index contributed by atoms with van der Waals surface area (Å²) in [4.78, 5) is 26.0. The number of hydrogen-bond donors (Lipinski definition) is 3. The van der Waals surface area contributed by atoms with Crippen molar-refractivity contribution >= 4 is 40.6 Å². The molecular formula is C19H18N2O4S2. The number of thiophene rings is 1. The lowest BCUT2D eigenvalue weighted by Gasteiger charge is -2.26. The molecule has 2 amide bonds. The zero-order chi connectivity index (χ0) is 19.3. The van der Waals surface area contributed by atoms with E-state index < -0.39 is 17.4 Å². The Balaban J connectivity index is 1.70. The lowest BCUT2D eigenvalue weighted by molar-refractivity contribution is -0.136. The van der Waals surface area contributed by atoms with Crippen LogP contribution in [0.15, 0.2) is 69.7 Å². The third kappa shape index (κ3) is 4.24. The Morgan fingerprint density at radius 1 is 1.19 bits per heavy atom. The molecular weight excluding hydrogens is 384 g/mol. The first-order chi connectivity index (χ1) is 13.0. The second-order valence-corrected chi connectivity index (χ2v) is 7.48. The second-order valence-electron chi connectivity index (χ2n) is 5.69. The summed E-state index contributed by atoms with van der Waals surface area (Å²) < 4.78 is 5.07. The van der Waals surface area contributed by atoms with Gasteiger partial charge in [-0.25, -0.2) is 0 Å². The van der Waals surface area contributed by atoms with E-state index in [-0.39, 0.29) is 6.54 Å². The van der Waals surface area contributed by atoms with Crippen LogP contribution >= 0.6 is 23.1 Å². The van der Waals surface area contributed by atoms with Crippen molar-refractivity contribution in [3.05, 3.63) is 70.8 Å². The SMILES string of the molecule is CSc1ccccc1NC(=O)C(=O)NCC(O)(c1ccoc1)c1cccs1. The molecule has 2 heterocycles. The van der Waals surface area contributed by atoms with Gasteiger partial charge >= 0.3 is 11.8 Å². The molecule has 1 unspecified atom stereocenters. The molecule has 6 nitrogen and oxygen atoms in total. The Hall–Kier alpha value is -2.55. The molecule has 0 aliphatic heterocycles. The predicted octanol–water partition coefficient (Wildman–Crippen LogP) is 3.05. The van der Waals surface area contributed by atoms with Crippen LogP contribution in [-0.4, -0.2) is 29.7 Å². The summed E-state index contributed by atoms with van der Waals surface area (Å²) >= 11 is 2.82. The quantitative estimate of drug-likeness (QED) is 0.435. The fourth-order valence-corrected chi connectivity index (χ4v) is 3.96. The summed E-state index contributed by atoms with van der Waals surface area (Å²) in [5.74, 6) is -1.62. The fourth-order valence-electron chi connectivity index (χ4n) is 2.56. The molecule has 3 aromatic rings. The minimum atomic E-state index is -1.48. The number of benzene rings is 1. The molecule has 0 saturated heterocycles. The largest absolute Gasteiger partial charge is 0.472 e. The molecule has 1 atom stereocenters. The third-order valence-electron chi connectivity index (χ3n) is 3.99. The van der Waals surface area contributed by atoms with Gasteiger partial charge in [-0.05, 0) is 35.9 Å². The van der Waals surface area contributed by atoms with Crippen LogP contribution in [-0.2, 0) is 15.2 Å². The predicted molar refractivity (Wildman–Crippen MR) is 106 cm³/mol. The van der Waals surface area contributed by atoms with Gasteiger partial charge in [0, 0.05) is 15.3 Å². The van der Waals surface area contributed by atoms with E-state index in [0.717, 1.165) is 4.90 Å². The number of rotatable bonds is 6. The Morgan fingerprint density at radius 2 is 2.00 bits per heavy atom. The van der Waals surface area contributed by atoms with Crippen molar-refractivity contribution in [2.75, 3.05) is 18.1 Å². The van der Waals surface area contributed by atoms with Crippen molar-refractivity contribution in [2.45, 2.75) is 10.5 Å². The standard InChI is InChI=1S/C19H18N2O4S2/c1-26-15-6-3-2-5-14(15)21-18(23)17(22)20-12-19(24,13-8-9-25-11-13)16-7-4-10-27-16/h2-11,24H,12H2,1H3,(H,20,22)(H,21,23). The van der Waals surface area contributed by atoms with Crippen LogP contribution in [0.1, 0.15) is 10.4 Å². The van der Waals surface area contributed by atoms with Gasteiger partial charge < -0.3 is 20.2 Å². The topological polar surface area (TPSA) is 91.6 Å². The van der Waals surface area contributed by atoms with Crippen molar-refractivity contribution in [3.8, 4) is 0 Å². The number of nitrogens with one attached hydrogen (secondary N) is 2. The molecule has 2 aromatic heterocycles. The molecule has 0 fully saturated rings. The molecule has 140 valence electrons. The van der Waals surface area contributed by atoms with Crippen molar-refractivity contribution < 1.29 is 19.1 Å². The molecule has 0 aliphatic carbocycles. The van der Waals surface area contributed by atoms with E-state index in [4.69, 9.17) is 4.42 Å². The first-order valence-electron chi connectivity index (χ1n) is 8.06. The van der Waals surface area contributed by atoms with Crippen LogP contribution in [0.25, 0.3) is 0 Å². The first kappa shape index (κ1) is 19.2. The highest BCUT2D eigenvalue weighted by Crippen LogP contribution is 2.32. The van der Waals surface area contributed by atoms with Gasteiger partial charge in [0.25, 0.3) is 0 Å². The Bertz CT molecular complexity index is 873. The Morgan fingerprint density at radius 3 is 2.67 bits per heavy atom. The van der Waals surface area contributed by atoms with Gasteiger partial charge in [0.2, 0.25) is 0 Å². The summed E-state index contributed by atoms with van der Waals surface area (Å²) in [5, 5.41) is 18.1. The molecule has 0 spiro atoms. The van der Waals surface area contributed by atoms with Gasteiger partial charge in [-0.15, -0.1) is 23.1 Å². The molecule has 8 heteroatoms. The third-order valence-corrected chi connectivity index (χ3v) is 5.81. The van der Waals surface area contributed by atoms with E-state index in [0.29, 0.717) is 16.1 Å². The van der Waals surface area contributed by atoms with Crippen molar-refractivity contribution in [3.63, 3.8) is 0 Å².